The molecular weight excluding hydrogens is 334 g/mol. The summed E-state index contributed by atoms with van der Waals surface area (Å²) in [5.41, 5.74) is 3.35. The van der Waals surface area contributed by atoms with E-state index >= 15 is 0 Å². The van der Waals surface area contributed by atoms with Gasteiger partial charge in [-0.2, -0.15) is 0 Å². The molecule has 2 heterocycles. The van der Waals surface area contributed by atoms with Crippen LogP contribution in [0.4, 0.5) is 0 Å². The summed E-state index contributed by atoms with van der Waals surface area (Å²) in [7, 11) is 0. The molecule has 1 aliphatic rings. The number of nitrogens with zero attached hydrogens (tertiary/aromatic N) is 1. The van der Waals surface area contributed by atoms with Crippen molar-refractivity contribution in [3.63, 3.8) is 0 Å². The molecule has 2 aromatic rings. The van der Waals surface area contributed by atoms with Crippen LogP contribution >= 0.6 is 27.3 Å². The Bertz CT molecular complexity index is 637. The molecule has 3 rings (SSSR count). The highest BCUT2D eigenvalue weighted by Gasteiger charge is 2.31. The molecule has 1 aromatic carbocycles. The molecule has 1 unspecified atom stereocenters. The van der Waals surface area contributed by atoms with Gasteiger partial charge in [0, 0.05) is 11.9 Å². The van der Waals surface area contributed by atoms with Gasteiger partial charge in [0.05, 0.1) is 15.4 Å². The van der Waals surface area contributed by atoms with Crippen molar-refractivity contribution in [3.8, 4) is 0 Å². The van der Waals surface area contributed by atoms with Gasteiger partial charge in [0.2, 0.25) is 0 Å². The van der Waals surface area contributed by atoms with E-state index in [1.54, 1.807) is 11.3 Å². The molecule has 0 aliphatic carbocycles. The number of amides is 1. The summed E-state index contributed by atoms with van der Waals surface area (Å²) < 4.78 is 1.01. The van der Waals surface area contributed by atoms with Gasteiger partial charge in [-0.1, -0.05) is 24.3 Å². The fraction of sp³-hybridized carbons (Fsp3) is 0.312. The minimum Gasteiger partial charge on any atom is -0.332 e. The van der Waals surface area contributed by atoms with E-state index in [4.69, 9.17) is 0 Å². The average Bonchev–Trinajstić information content (AvgIpc) is 3.07. The zero-order chi connectivity index (χ0) is 14.1. The Labute approximate surface area is 131 Å². The zero-order valence-electron chi connectivity index (χ0n) is 11.3. The number of carbonyl (C=O) groups is 1. The Morgan fingerprint density at radius 2 is 2.20 bits per heavy atom. The Morgan fingerprint density at radius 3 is 2.90 bits per heavy atom. The molecule has 1 fully saturated rings. The highest BCUT2D eigenvalue weighted by atomic mass is 79.9. The zero-order valence-corrected chi connectivity index (χ0v) is 13.7. The van der Waals surface area contributed by atoms with Crippen molar-refractivity contribution in [2.24, 2.45) is 0 Å². The first-order valence-corrected chi connectivity index (χ1v) is 8.44. The van der Waals surface area contributed by atoms with Gasteiger partial charge in [0.25, 0.3) is 5.91 Å². The minimum atomic E-state index is 0.151. The highest BCUT2D eigenvalue weighted by Crippen LogP contribution is 2.35. The number of hydrogen-bond donors (Lipinski definition) is 0. The van der Waals surface area contributed by atoms with Crippen LogP contribution < -0.4 is 0 Å². The number of likely N-dealkylation sites (tertiary alicyclic amines) is 1. The number of thiophene rings is 1. The number of hydrogen-bond acceptors (Lipinski definition) is 2. The van der Waals surface area contributed by atoms with Gasteiger partial charge in [-0.05, 0) is 52.9 Å². The van der Waals surface area contributed by atoms with Crippen LogP contribution in [0.5, 0.6) is 0 Å². The largest absolute Gasteiger partial charge is 0.332 e. The van der Waals surface area contributed by atoms with E-state index in [2.05, 4.69) is 47.1 Å². The van der Waals surface area contributed by atoms with Gasteiger partial charge in [0.15, 0.2) is 0 Å². The summed E-state index contributed by atoms with van der Waals surface area (Å²) in [5, 5.41) is 1.93. The van der Waals surface area contributed by atoms with E-state index in [1.807, 2.05) is 16.3 Å². The van der Waals surface area contributed by atoms with Crippen LogP contribution in [0.2, 0.25) is 0 Å². The Balaban J connectivity index is 1.90. The Hall–Kier alpha value is -1.13. The molecule has 0 spiro atoms. The quantitative estimate of drug-likeness (QED) is 0.762. The van der Waals surface area contributed by atoms with Gasteiger partial charge in [-0.25, -0.2) is 0 Å². The molecule has 0 bridgehead atoms. The fourth-order valence-corrected chi connectivity index (χ4v) is 4.01. The molecule has 1 aliphatic heterocycles. The summed E-state index contributed by atoms with van der Waals surface area (Å²) in [5.74, 6) is 0.151. The van der Waals surface area contributed by atoms with E-state index in [-0.39, 0.29) is 11.9 Å². The van der Waals surface area contributed by atoms with E-state index < -0.39 is 0 Å². The average molecular weight is 350 g/mol. The molecule has 1 saturated heterocycles. The summed E-state index contributed by atoms with van der Waals surface area (Å²) in [6.07, 6.45) is 2.14. The Morgan fingerprint density at radius 1 is 1.40 bits per heavy atom. The standard InChI is InChI=1S/C16H16BrNOS/c1-11-5-2-3-6-13(11)14-7-4-8-18(14)16(19)12-9-15(17)20-10-12/h2-3,5-6,9-10,14H,4,7-8H2,1H3. The third kappa shape index (κ3) is 2.54. The van der Waals surface area contributed by atoms with Crippen LogP contribution in [0.25, 0.3) is 0 Å². The van der Waals surface area contributed by atoms with Crippen molar-refractivity contribution in [2.75, 3.05) is 6.54 Å². The molecule has 0 saturated carbocycles. The van der Waals surface area contributed by atoms with E-state index in [0.29, 0.717) is 0 Å². The summed E-state index contributed by atoms with van der Waals surface area (Å²) >= 11 is 4.99. The molecule has 0 radical (unpaired) electrons. The fourth-order valence-electron chi connectivity index (χ4n) is 2.88. The summed E-state index contributed by atoms with van der Waals surface area (Å²) in [6.45, 7) is 2.97. The predicted molar refractivity (Wildman–Crippen MR) is 86.2 cm³/mol. The van der Waals surface area contributed by atoms with Gasteiger partial charge in [0.1, 0.15) is 0 Å². The van der Waals surface area contributed by atoms with E-state index in [0.717, 1.165) is 28.7 Å². The van der Waals surface area contributed by atoms with Crippen molar-refractivity contribution in [2.45, 2.75) is 25.8 Å². The third-order valence-corrected chi connectivity index (χ3v) is 5.38. The molecule has 1 aromatic heterocycles. The summed E-state index contributed by atoms with van der Waals surface area (Å²) in [6, 6.07) is 10.5. The molecule has 1 atom stereocenters. The van der Waals surface area contributed by atoms with Crippen molar-refractivity contribution in [1.82, 2.24) is 4.90 Å². The second-order valence-corrected chi connectivity index (χ2v) is 7.44. The number of benzene rings is 1. The molecule has 20 heavy (non-hydrogen) atoms. The van der Waals surface area contributed by atoms with Crippen LogP contribution in [-0.4, -0.2) is 17.4 Å². The Kier molecular flexibility index (Phi) is 3.94. The first-order valence-electron chi connectivity index (χ1n) is 6.77. The van der Waals surface area contributed by atoms with Crippen LogP contribution in [0, 0.1) is 6.92 Å². The number of halogens is 1. The van der Waals surface area contributed by atoms with Crippen LogP contribution in [0.1, 0.15) is 40.4 Å². The number of carbonyl (C=O) groups excluding carboxylic acids is 1. The monoisotopic (exact) mass is 349 g/mol. The molecular formula is C16H16BrNOS. The molecule has 1 amide bonds. The lowest BCUT2D eigenvalue weighted by molar-refractivity contribution is 0.0736. The van der Waals surface area contributed by atoms with Crippen molar-refractivity contribution in [1.29, 1.82) is 0 Å². The van der Waals surface area contributed by atoms with Crippen LogP contribution in [0.3, 0.4) is 0 Å². The maximum atomic E-state index is 12.7. The van der Waals surface area contributed by atoms with E-state index in [9.17, 15) is 4.79 Å². The minimum absolute atomic E-state index is 0.151. The van der Waals surface area contributed by atoms with Crippen molar-refractivity contribution >= 4 is 33.2 Å². The highest BCUT2D eigenvalue weighted by molar-refractivity contribution is 9.11. The predicted octanol–water partition coefficient (Wildman–Crippen LogP) is 4.80. The molecule has 0 N–H and O–H groups in total. The smallest absolute Gasteiger partial charge is 0.255 e. The molecule has 104 valence electrons. The SMILES string of the molecule is Cc1ccccc1C1CCCN1C(=O)c1csc(Br)c1. The lowest BCUT2D eigenvalue weighted by Gasteiger charge is -2.26. The number of aryl methyl sites for hydroxylation is 1. The lowest BCUT2D eigenvalue weighted by atomic mass is 9.99. The summed E-state index contributed by atoms with van der Waals surface area (Å²) in [4.78, 5) is 14.7. The number of rotatable bonds is 2. The van der Waals surface area contributed by atoms with Crippen molar-refractivity contribution in [3.05, 3.63) is 56.2 Å². The van der Waals surface area contributed by atoms with Crippen LogP contribution in [0.15, 0.2) is 39.5 Å². The van der Waals surface area contributed by atoms with Gasteiger partial charge >= 0.3 is 0 Å². The first-order chi connectivity index (χ1) is 9.66. The molecule has 2 nitrogen and oxygen atoms in total. The van der Waals surface area contributed by atoms with Gasteiger partial charge in [-0.3, -0.25) is 4.79 Å². The topological polar surface area (TPSA) is 20.3 Å². The third-order valence-electron chi connectivity index (χ3n) is 3.88. The maximum Gasteiger partial charge on any atom is 0.255 e. The molecule has 4 heteroatoms. The van der Waals surface area contributed by atoms with Gasteiger partial charge in [-0.15, -0.1) is 11.3 Å². The second-order valence-electron chi connectivity index (χ2n) is 5.15. The normalized spacial score (nSPS) is 18.5. The van der Waals surface area contributed by atoms with Crippen LogP contribution in [-0.2, 0) is 0 Å². The maximum absolute atomic E-state index is 12.7. The van der Waals surface area contributed by atoms with Gasteiger partial charge < -0.3 is 4.90 Å². The van der Waals surface area contributed by atoms with Crippen molar-refractivity contribution < 1.29 is 4.79 Å². The first kappa shape index (κ1) is 13.8. The van der Waals surface area contributed by atoms with E-state index in [1.165, 1.54) is 11.1 Å². The second kappa shape index (κ2) is 5.70. The lowest BCUT2D eigenvalue weighted by Crippen LogP contribution is -2.30.